The largest absolute Gasteiger partial charge is 0.455 e. The normalized spacial score (nSPS) is 12.2. The number of aryl methyl sites for hydroxylation is 1. The van der Waals surface area contributed by atoms with E-state index in [0.29, 0.717) is 36.1 Å². The average molecular weight is 705 g/mol. The Morgan fingerprint density at radius 2 is 1.75 bits per heavy atom. The Morgan fingerprint density at radius 3 is 2.52 bits per heavy atom. The highest BCUT2D eigenvalue weighted by Crippen LogP contribution is 2.42. The number of halogens is 1. The maximum atomic E-state index is 12.3. The molecular weight excluding hydrogens is 670 g/mol. The van der Waals surface area contributed by atoms with Crippen molar-refractivity contribution in [3.8, 4) is 33.8 Å². The molecule has 0 aliphatic carbocycles. The molecule has 4 heterocycles. The Hall–Kier alpha value is -5.00. The number of tetrazole rings is 1. The zero-order valence-corrected chi connectivity index (χ0v) is 28.5. The molecule has 0 fully saturated rings. The van der Waals surface area contributed by atoms with Gasteiger partial charge < -0.3 is 13.7 Å². The molecule has 7 rings (SSSR count). The SMILES string of the molecule is CCCCc1nc2cc(-c3ccccc3)c(C=O)nc2n1Cc1ccc2oc(-c3ccccc3-c3nnnn3C(C)OCC)c(Br)c2c1. The van der Waals surface area contributed by atoms with E-state index < -0.39 is 0 Å². The Labute approximate surface area is 285 Å². The number of carbonyl (C=O) groups excluding carboxylic acids is 1. The van der Waals surface area contributed by atoms with Crippen LogP contribution in [-0.2, 0) is 17.7 Å². The maximum Gasteiger partial charge on any atom is 0.185 e. The zero-order chi connectivity index (χ0) is 33.2. The highest BCUT2D eigenvalue weighted by atomic mass is 79.9. The summed E-state index contributed by atoms with van der Waals surface area (Å²) in [6.45, 7) is 7.10. The van der Waals surface area contributed by atoms with E-state index in [2.05, 4.69) is 55.1 Å². The van der Waals surface area contributed by atoms with Gasteiger partial charge in [0, 0.05) is 35.1 Å². The number of fused-ring (bicyclic) bond motifs is 2. The second-order valence-electron chi connectivity index (χ2n) is 11.6. The van der Waals surface area contributed by atoms with E-state index in [4.69, 9.17) is 19.1 Å². The molecular formula is C37H34BrN7O3. The molecule has 1 unspecified atom stereocenters. The number of unbranched alkanes of at least 4 members (excludes halogenated alkanes) is 1. The van der Waals surface area contributed by atoms with E-state index in [1.807, 2.05) is 80.6 Å². The van der Waals surface area contributed by atoms with Crippen LogP contribution in [0.5, 0.6) is 0 Å². The summed E-state index contributed by atoms with van der Waals surface area (Å²) in [5.41, 5.74) is 7.06. The Morgan fingerprint density at radius 1 is 0.958 bits per heavy atom. The van der Waals surface area contributed by atoms with Gasteiger partial charge in [0.05, 0.1) is 11.0 Å². The first-order valence-electron chi connectivity index (χ1n) is 16.1. The quantitative estimate of drug-likeness (QED) is 0.116. The lowest BCUT2D eigenvalue weighted by Gasteiger charge is -2.14. The number of aldehydes is 1. The van der Waals surface area contributed by atoms with Crippen molar-refractivity contribution in [2.24, 2.45) is 0 Å². The van der Waals surface area contributed by atoms with Gasteiger partial charge in [0.25, 0.3) is 0 Å². The van der Waals surface area contributed by atoms with E-state index in [-0.39, 0.29) is 6.23 Å². The highest BCUT2D eigenvalue weighted by molar-refractivity contribution is 9.10. The van der Waals surface area contributed by atoms with Gasteiger partial charge in [0.15, 0.2) is 24.0 Å². The van der Waals surface area contributed by atoms with Gasteiger partial charge in [0.2, 0.25) is 0 Å². The second-order valence-corrected chi connectivity index (χ2v) is 12.4. The van der Waals surface area contributed by atoms with E-state index in [1.165, 1.54) is 0 Å². The number of nitrogens with zero attached hydrogens (tertiary/aromatic N) is 7. The van der Waals surface area contributed by atoms with Gasteiger partial charge in [-0.2, -0.15) is 4.68 Å². The monoisotopic (exact) mass is 703 g/mol. The molecule has 0 amide bonds. The fourth-order valence-electron chi connectivity index (χ4n) is 6.11. The minimum atomic E-state index is -0.335. The van der Waals surface area contributed by atoms with Gasteiger partial charge in [-0.25, -0.2) is 9.97 Å². The summed E-state index contributed by atoms with van der Waals surface area (Å²) in [4.78, 5) is 22.1. The fraction of sp³-hybridized carbons (Fsp3) is 0.243. The van der Waals surface area contributed by atoms with Crippen LogP contribution in [0.25, 0.3) is 56.0 Å². The molecule has 48 heavy (non-hydrogen) atoms. The van der Waals surface area contributed by atoms with Crippen LogP contribution >= 0.6 is 15.9 Å². The minimum absolute atomic E-state index is 0.335. The molecule has 0 saturated heterocycles. The van der Waals surface area contributed by atoms with Crippen molar-refractivity contribution in [3.05, 3.63) is 100 Å². The van der Waals surface area contributed by atoms with Crippen LogP contribution in [0.3, 0.4) is 0 Å². The minimum Gasteiger partial charge on any atom is -0.455 e. The molecule has 7 aromatic rings. The van der Waals surface area contributed by atoms with Crippen LogP contribution in [0, 0.1) is 0 Å². The van der Waals surface area contributed by atoms with Crippen LogP contribution in [0.2, 0.25) is 0 Å². The van der Waals surface area contributed by atoms with E-state index in [9.17, 15) is 4.79 Å². The standard InChI is InChI=1S/C37H34BrN7O3/c1-4-6-16-33-39-30-20-28(25-12-8-7-9-13-25)31(22-46)40-37(30)44(33)21-24-17-18-32-29(19-24)34(38)35(48-32)26-14-10-11-15-27(26)36-41-42-43-45(36)23(3)47-5-2/h7-15,17-20,22-23H,4-6,16,21H2,1-3H3. The van der Waals surface area contributed by atoms with Crippen LogP contribution < -0.4 is 0 Å². The van der Waals surface area contributed by atoms with Crippen LogP contribution in [0.4, 0.5) is 0 Å². The van der Waals surface area contributed by atoms with Crippen LogP contribution in [-0.4, -0.2) is 47.6 Å². The summed E-state index contributed by atoms with van der Waals surface area (Å²) in [6, 6.07) is 25.9. The molecule has 1 atom stereocenters. The fourth-order valence-corrected chi connectivity index (χ4v) is 6.72. The van der Waals surface area contributed by atoms with Gasteiger partial charge in [-0.05, 0) is 76.0 Å². The molecule has 3 aromatic carbocycles. The third kappa shape index (κ3) is 5.84. The van der Waals surface area contributed by atoms with Gasteiger partial charge in [-0.15, -0.1) is 5.10 Å². The van der Waals surface area contributed by atoms with Crippen molar-refractivity contribution in [1.82, 2.24) is 34.7 Å². The predicted molar refractivity (Wildman–Crippen MR) is 189 cm³/mol. The molecule has 0 N–H and O–H groups in total. The Balaban J connectivity index is 1.29. The number of imidazole rings is 1. The van der Waals surface area contributed by atoms with Gasteiger partial charge in [-0.1, -0.05) is 74.0 Å². The zero-order valence-electron chi connectivity index (χ0n) is 26.9. The number of hydrogen-bond acceptors (Lipinski definition) is 8. The van der Waals surface area contributed by atoms with Crippen LogP contribution in [0.1, 0.15) is 61.7 Å². The number of furan rings is 1. The first-order valence-corrected chi connectivity index (χ1v) is 16.9. The Bertz CT molecular complexity index is 2240. The molecule has 0 radical (unpaired) electrons. The molecule has 11 heteroatoms. The van der Waals surface area contributed by atoms with Crippen molar-refractivity contribution in [1.29, 1.82) is 0 Å². The first-order chi connectivity index (χ1) is 23.5. The molecule has 10 nitrogen and oxygen atoms in total. The van der Waals surface area contributed by atoms with Crippen molar-refractivity contribution in [2.75, 3.05) is 6.61 Å². The number of aromatic nitrogens is 7. The number of benzene rings is 3. The topological polar surface area (TPSA) is 114 Å². The summed E-state index contributed by atoms with van der Waals surface area (Å²) < 4.78 is 16.9. The lowest BCUT2D eigenvalue weighted by atomic mass is 10.0. The average Bonchev–Trinajstić information content (AvgIpc) is 3.83. The molecule has 0 spiro atoms. The molecule has 0 bridgehead atoms. The van der Waals surface area contributed by atoms with Gasteiger partial charge in [-0.3, -0.25) is 4.79 Å². The summed E-state index contributed by atoms with van der Waals surface area (Å²) in [5.74, 6) is 2.21. The van der Waals surface area contributed by atoms with Crippen molar-refractivity contribution >= 4 is 44.3 Å². The second kappa shape index (κ2) is 13.6. The third-order valence-corrected chi connectivity index (χ3v) is 9.26. The number of carbonyl (C=O) groups is 1. The predicted octanol–water partition coefficient (Wildman–Crippen LogP) is 8.69. The van der Waals surface area contributed by atoms with Crippen LogP contribution in [0.15, 0.2) is 87.8 Å². The number of hydrogen-bond donors (Lipinski definition) is 0. The van der Waals surface area contributed by atoms with Crippen molar-refractivity contribution in [3.63, 3.8) is 0 Å². The third-order valence-electron chi connectivity index (χ3n) is 8.47. The van der Waals surface area contributed by atoms with Gasteiger partial charge >= 0.3 is 0 Å². The smallest absolute Gasteiger partial charge is 0.185 e. The van der Waals surface area contributed by atoms with E-state index >= 15 is 0 Å². The Kier molecular flexibility index (Phi) is 8.96. The summed E-state index contributed by atoms with van der Waals surface area (Å²) in [6.07, 6.45) is 3.34. The maximum absolute atomic E-state index is 12.3. The van der Waals surface area contributed by atoms with Gasteiger partial charge in [0.1, 0.15) is 28.4 Å². The lowest BCUT2D eigenvalue weighted by Crippen LogP contribution is -2.12. The van der Waals surface area contributed by atoms with E-state index in [0.717, 1.165) is 80.1 Å². The molecule has 4 aromatic heterocycles. The van der Waals surface area contributed by atoms with Crippen molar-refractivity contribution < 1.29 is 13.9 Å². The number of ether oxygens (including phenoxy) is 1. The molecule has 0 saturated carbocycles. The van der Waals surface area contributed by atoms with Crippen molar-refractivity contribution in [2.45, 2.75) is 52.8 Å². The molecule has 242 valence electrons. The first kappa shape index (κ1) is 31.6. The highest BCUT2D eigenvalue weighted by Gasteiger charge is 2.23. The number of pyridine rings is 1. The van der Waals surface area contributed by atoms with E-state index in [1.54, 1.807) is 4.68 Å². The number of rotatable bonds is 12. The lowest BCUT2D eigenvalue weighted by molar-refractivity contribution is 0.0159. The summed E-state index contributed by atoms with van der Waals surface area (Å²) in [7, 11) is 0. The molecule has 0 aliphatic heterocycles. The molecule has 0 aliphatic rings. The summed E-state index contributed by atoms with van der Waals surface area (Å²) in [5, 5.41) is 13.4. The summed E-state index contributed by atoms with van der Waals surface area (Å²) >= 11 is 3.86.